The Hall–Kier alpha value is -2.39. The molecule has 3 heteroatoms. The zero-order valence-corrected chi connectivity index (χ0v) is 11.9. The van der Waals surface area contributed by atoms with Crippen LogP contribution in [0.2, 0.25) is 0 Å². The predicted octanol–water partition coefficient (Wildman–Crippen LogP) is 4.00. The van der Waals surface area contributed by atoms with Gasteiger partial charge in [-0.1, -0.05) is 18.2 Å². The Bertz CT molecular complexity index is 825. The van der Waals surface area contributed by atoms with Crippen LogP contribution in [0.1, 0.15) is 11.1 Å². The molecule has 4 N–H and O–H groups in total. The van der Waals surface area contributed by atoms with Crippen LogP contribution < -0.4 is 11.5 Å². The molecule has 2 nitrogen and oxygen atoms in total. The topological polar surface area (TPSA) is 52.0 Å². The maximum absolute atomic E-state index is 13.5. The number of benzene rings is 3. The van der Waals surface area contributed by atoms with Crippen LogP contribution in [-0.2, 0) is 6.54 Å². The van der Waals surface area contributed by atoms with E-state index in [-0.39, 0.29) is 12.4 Å². The lowest BCUT2D eigenvalue weighted by atomic mass is 9.97. The van der Waals surface area contributed by atoms with Crippen LogP contribution >= 0.6 is 0 Å². The first-order valence-electron chi connectivity index (χ1n) is 6.87. The van der Waals surface area contributed by atoms with E-state index in [0.29, 0.717) is 5.56 Å². The normalized spacial score (nSPS) is 11.0. The van der Waals surface area contributed by atoms with Gasteiger partial charge in [0.2, 0.25) is 0 Å². The molecule has 3 aromatic carbocycles. The molecule has 0 heterocycles. The van der Waals surface area contributed by atoms with Crippen molar-refractivity contribution in [2.75, 3.05) is 5.73 Å². The summed E-state index contributed by atoms with van der Waals surface area (Å²) >= 11 is 0. The summed E-state index contributed by atoms with van der Waals surface area (Å²) < 4.78 is 13.5. The van der Waals surface area contributed by atoms with E-state index in [9.17, 15) is 4.39 Å². The lowest BCUT2D eigenvalue weighted by Crippen LogP contribution is -1.99. The van der Waals surface area contributed by atoms with Crippen molar-refractivity contribution in [3.8, 4) is 11.1 Å². The average Bonchev–Trinajstić information content (AvgIpc) is 2.47. The Morgan fingerprint density at radius 3 is 2.43 bits per heavy atom. The number of hydrogen-bond acceptors (Lipinski definition) is 2. The van der Waals surface area contributed by atoms with Gasteiger partial charge < -0.3 is 11.5 Å². The summed E-state index contributed by atoms with van der Waals surface area (Å²) in [7, 11) is 0. The van der Waals surface area contributed by atoms with E-state index in [1.165, 1.54) is 11.5 Å². The van der Waals surface area contributed by atoms with E-state index in [2.05, 4.69) is 12.1 Å². The van der Waals surface area contributed by atoms with Crippen LogP contribution in [0.25, 0.3) is 21.9 Å². The minimum atomic E-state index is -0.262. The molecule has 0 saturated heterocycles. The third-order valence-corrected chi connectivity index (χ3v) is 3.78. The van der Waals surface area contributed by atoms with E-state index in [4.69, 9.17) is 11.5 Å². The Balaban J connectivity index is 2.17. The number of rotatable bonds is 2. The fourth-order valence-electron chi connectivity index (χ4n) is 2.68. The molecule has 0 aliphatic carbocycles. The molecule has 0 bridgehead atoms. The molecule has 3 rings (SSSR count). The van der Waals surface area contributed by atoms with Crippen molar-refractivity contribution < 1.29 is 4.39 Å². The number of aryl methyl sites for hydroxylation is 1. The minimum Gasteiger partial charge on any atom is -0.399 e. The van der Waals surface area contributed by atoms with Crippen LogP contribution in [0.3, 0.4) is 0 Å². The van der Waals surface area contributed by atoms with Gasteiger partial charge in [-0.2, -0.15) is 0 Å². The summed E-state index contributed by atoms with van der Waals surface area (Å²) in [5.74, 6) is -0.262. The maximum Gasteiger partial charge on any atom is 0.127 e. The molecule has 0 amide bonds. The van der Waals surface area contributed by atoms with Gasteiger partial charge >= 0.3 is 0 Å². The molecule has 3 aromatic rings. The van der Waals surface area contributed by atoms with Crippen molar-refractivity contribution in [2.24, 2.45) is 5.73 Å². The lowest BCUT2D eigenvalue weighted by Gasteiger charge is -2.09. The molecule has 0 saturated carbocycles. The van der Waals surface area contributed by atoms with Crippen LogP contribution in [0, 0.1) is 12.7 Å². The molecule has 0 fully saturated rings. The summed E-state index contributed by atoms with van der Waals surface area (Å²) in [6.45, 7) is 2.24. The highest BCUT2D eigenvalue weighted by Gasteiger charge is 2.06. The van der Waals surface area contributed by atoms with E-state index in [1.807, 2.05) is 25.1 Å². The molecule has 0 unspecified atom stereocenters. The minimum absolute atomic E-state index is 0.194. The van der Waals surface area contributed by atoms with E-state index >= 15 is 0 Å². The number of nitrogen functional groups attached to an aromatic ring is 1. The van der Waals surface area contributed by atoms with Crippen molar-refractivity contribution in [3.05, 3.63) is 65.5 Å². The fourth-order valence-corrected chi connectivity index (χ4v) is 2.68. The number of halogens is 1. The van der Waals surface area contributed by atoms with E-state index in [1.54, 1.807) is 12.1 Å². The van der Waals surface area contributed by atoms with E-state index in [0.717, 1.165) is 27.8 Å². The Kier molecular flexibility index (Phi) is 3.35. The second kappa shape index (κ2) is 5.19. The van der Waals surface area contributed by atoms with Gasteiger partial charge in [-0.05, 0) is 64.7 Å². The number of anilines is 1. The van der Waals surface area contributed by atoms with Crippen LogP contribution in [-0.4, -0.2) is 0 Å². The van der Waals surface area contributed by atoms with Gasteiger partial charge in [0.05, 0.1) is 0 Å². The molecular formula is C18H17FN2. The second-order valence-corrected chi connectivity index (χ2v) is 5.28. The smallest absolute Gasteiger partial charge is 0.127 e. The van der Waals surface area contributed by atoms with E-state index < -0.39 is 0 Å². The average molecular weight is 280 g/mol. The Morgan fingerprint density at radius 2 is 1.67 bits per heavy atom. The zero-order chi connectivity index (χ0) is 15.0. The van der Waals surface area contributed by atoms with Crippen LogP contribution in [0.4, 0.5) is 10.1 Å². The van der Waals surface area contributed by atoms with Crippen molar-refractivity contribution in [2.45, 2.75) is 13.5 Å². The monoisotopic (exact) mass is 280 g/mol. The van der Waals surface area contributed by atoms with Crippen molar-refractivity contribution in [3.63, 3.8) is 0 Å². The molecule has 0 aromatic heterocycles. The summed E-state index contributed by atoms with van der Waals surface area (Å²) in [6, 6.07) is 15.2. The predicted molar refractivity (Wildman–Crippen MR) is 86.4 cm³/mol. The van der Waals surface area contributed by atoms with Crippen LogP contribution in [0.5, 0.6) is 0 Å². The summed E-state index contributed by atoms with van der Waals surface area (Å²) in [6.07, 6.45) is 0. The van der Waals surface area contributed by atoms with Gasteiger partial charge in [-0.3, -0.25) is 0 Å². The fraction of sp³-hybridized carbons (Fsp3) is 0.111. The highest BCUT2D eigenvalue weighted by atomic mass is 19.1. The SMILES string of the molecule is Cc1cc(N)cc2cc(-c3ccc(F)c(CN)c3)ccc12. The lowest BCUT2D eigenvalue weighted by molar-refractivity contribution is 0.611. The number of hydrogen-bond donors (Lipinski definition) is 2. The molecule has 0 atom stereocenters. The van der Waals surface area contributed by atoms with Crippen LogP contribution in [0.15, 0.2) is 48.5 Å². The molecule has 106 valence electrons. The Morgan fingerprint density at radius 1 is 0.952 bits per heavy atom. The van der Waals surface area contributed by atoms with Gasteiger partial charge in [-0.15, -0.1) is 0 Å². The Labute approximate surface area is 123 Å². The summed E-state index contributed by atoms with van der Waals surface area (Å²) in [5.41, 5.74) is 15.9. The largest absolute Gasteiger partial charge is 0.399 e. The third kappa shape index (κ3) is 2.48. The summed E-state index contributed by atoms with van der Waals surface area (Å²) in [4.78, 5) is 0. The maximum atomic E-state index is 13.5. The van der Waals surface area contributed by atoms with Crippen molar-refractivity contribution in [1.82, 2.24) is 0 Å². The first-order chi connectivity index (χ1) is 10.1. The highest BCUT2D eigenvalue weighted by molar-refractivity contribution is 5.92. The first kappa shape index (κ1) is 13.6. The molecule has 0 aliphatic rings. The van der Waals surface area contributed by atoms with Gasteiger partial charge in [0, 0.05) is 17.8 Å². The van der Waals surface area contributed by atoms with Crippen molar-refractivity contribution >= 4 is 16.5 Å². The van der Waals surface area contributed by atoms with Gasteiger partial charge in [0.25, 0.3) is 0 Å². The molecule has 0 spiro atoms. The zero-order valence-electron chi connectivity index (χ0n) is 11.9. The first-order valence-corrected chi connectivity index (χ1v) is 6.87. The van der Waals surface area contributed by atoms with Gasteiger partial charge in [0.1, 0.15) is 5.82 Å². The van der Waals surface area contributed by atoms with Gasteiger partial charge in [0.15, 0.2) is 0 Å². The van der Waals surface area contributed by atoms with Gasteiger partial charge in [-0.25, -0.2) is 4.39 Å². The number of nitrogens with two attached hydrogens (primary N) is 2. The molecular weight excluding hydrogens is 263 g/mol. The quantitative estimate of drug-likeness (QED) is 0.697. The molecule has 21 heavy (non-hydrogen) atoms. The third-order valence-electron chi connectivity index (χ3n) is 3.78. The summed E-state index contributed by atoms with van der Waals surface area (Å²) in [5, 5.41) is 2.26. The standard InChI is InChI=1S/C18H17FN2/c1-11-6-16(21)9-14-7-12(2-4-17(11)14)13-3-5-18(19)15(8-13)10-20/h2-9H,10,20-21H2,1H3. The number of fused-ring (bicyclic) bond motifs is 1. The highest BCUT2D eigenvalue weighted by Crippen LogP contribution is 2.29. The van der Waals surface area contributed by atoms with Crippen molar-refractivity contribution in [1.29, 1.82) is 0 Å². The molecule has 0 radical (unpaired) electrons. The molecule has 0 aliphatic heterocycles. The second-order valence-electron chi connectivity index (χ2n) is 5.28.